The number of thiophene rings is 1. The Hall–Kier alpha value is -1.61. The van der Waals surface area contributed by atoms with Crippen LogP contribution in [0, 0.1) is 5.41 Å². The van der Waals surface area contributed by atoms with Gasteiger partial charge in [-0.1, -0.05) is 36.4 Å². The standard InChI is InChI=1S/C16H18O2S/c1-16(2,11-14-9-6-10-19-14)15(17)18-12-13-7-4-3-5-8-13/h3-10H,11-12H2,1-2H3. The van der Waals surface area contributed by atoms with Crippen molar-refractivity contribution in [2.75, 3.05) is 0 Å². The minimum Gasteiger partial charge on any atom is -0.460 e. The van der Waals surface area contributed by atoms with E-state index in [1.165, 1.54) is 4.88 Å². The lowest BCUT2D eigenvalue weighted by Crippen LogP contribution is -2.28. The first-order chi connectivity index (χ1) is 9.08. The van der Waals surface area contributed by atoms with Crippen molar-refractivity contribution < 1.29 is 9.53 Å². The second-order valence-corrected chi connectivity index (χ2v) is 6.23. The molecule has 1 aromatic heterocycles. The van der Waals surface area contributed by atoms with Crippen LogP contribution in [0.15, 0.2) is 47.8 Å². The Morgan fingerprint density at radius 1 is 1.16 bits per heavy atom. The van der Waals surface area contributed by atoms with E-state index in [4.69, 9.17) is 4.74 Å². The molecule has 2 aromatic rings. The van der Waals surface area contributed by atoms with Crippen molar-refractivity contribution >= 4 is 17.3 Å². The summed E-state index contributed by atoms with van der Waals surface area (Å²) in [5.41, 5.74) is 0.530. The lowest BCUT2D eigenvalue weighted by molar-refractivity contribution is -0.155. The van der Waals surface area contributed by atoms with E-state index in [1.807, 2.05) is 55.6 Å². The second-order valence-electron chi connectivity index (χ2n) is 5.20. The summed E-state index contributed by atoms with van der Waals surface area (Å²) in [6.45, 7) is 4.20. The third-order valence-corrected chi connectivity index (χ3v) is 3.84. The van der Waals surface area contributed by atoms with Gasteiger partial charge in [0.2, 0.25) is 0 Å². The first-order valence-corrected chi connectivity index (χ1v) is 7.19. The molecule has 1 aromatic carbocycles. The quantitative estimate of drug-likeness (QED) is 0.769. The summed E-state index contributed by atoms with van der Waals surface area (Å²) >= 11 is 1.67. The van der Waals surface area contributed by atoms with Crippen LogP contribution in [0.2, 0.25) is 0 Å². The maximum atomic E-state index is 12.1. The topological polar surface area (TPSA) is 26.3 Å². The van der Waals surface area contributed by atoms with Crippen LogP contribution in [0.4, 0.5) is 0 Å². The van der Waals surface area contributed by atoms with Crippen LogP contribution in [0.1, 0.15) is 24.3 Å². The highest BCUT2D eigenvalue weighted by Crippen LogP contribution is 2.26. The summed E-state index contributed by atoms with van der Waals surface area (Å²) in [5, 5.41) is 2.03. The van der Waals surface area contributed by atoms with E-state index in [9.17, 15) is 4.79 Å². The number of carbonyl (C=O) groups is 1. The number of hydrogen-bond acceptors (Lipinski definition) is 3. The molecule has 100 valence electrons. The Bertz CT molecular complexity index is 515. The Labute approximate surface area is 118 Å². The van der Waals surface area contributed by atoms with Crippen molar-refractivity contribution in [3.05, 3.63) is 58.3 Å². The fourth-order valence-electron chi connectivity index (χ4n) is 1.84. The van der Waals surface area contributed by atoms with Gasteiger partial charge in [0.15, 0.2) is 0 Å². The van der Waals surface area contributed by atoms with Gasteiger partial charge in [-0.15, -0.1) is 11.3 Å². The molecule has 3 heteroatoms. The molecule has 2 nitrogen and oxygen atoms in total. The minimum atomic E-state index is -0.486. The van der Waals surface area contributed by atoms with Crippen LogP contribution in [0.25, 0.3) is 0 Å². The summed E-state index contributed by atoms with van der Waals surface area (Å²) in [7, 11) is 0. The van der Waals surface area contributed by atoms with Crippen molar-refractivity contribution in [2.24, 2.45) is 5.41 Å². The van der Waals surface area contributed by atoms with Crippen molar-refractivity contribution in [1.82, 2.24) is 0 Å². The van der Waals surface area contributed by atoms with Gasteiger partial charge in [-0.3, -0.25) is 4.79 Å². The van der Waals surface area contributed by atoms with E-state index in [0.717, 1.165) is 12.0 Å². The average Bonchev–Trinajstić information content (AvgIpc) is 2.89. The third kappa shape index (κ3) is 3.93. The summed E-state index contributed by atoms with van der Waals surface area (Å²) in [4.78, 5) is 13.4. The molecule has 0 atom stereocenters. The highest BCUT2D eigenvalue weighted by atomic mass is 32.1. The molecule has 0 aliphatic carbocycles. The van der Waals surface area contributed by atoms with Gasteiger partial charge >= 0.3 is 5.97 Å². The molecule has 1 heterocycles. The van der Waals surface area contributed by atoms with Crippen LogP contribution in [0.3, 0.4) is 0 Å². The molecule has 0 saturated carbocycles. The van der Waals surface area contributed by atoms with Gasteiger partial charge in [-0.05, 0) is 37.3 Å². The van der Waals surface area contributed by atoms with Gasteiger partial charge < -0.3 is 4.74 Å². The average molecular weight is 274 g/mol. The fraction of sp³-hybridized carbons (Fsp3) is 0.312. The van der Waals surface area contributed by atoms with Crippen LogP contribution >= 0.6 is 11.3 Å². The first-order valence-electron chi connectivity index (χ1n) is 6.31. The number of rotatable bonds is 5. The molecule has 2 rings (SSSR count). The van der Waals surface area contributed by atoms with Gasteiger partial charge in [0.25, 0.3) is 0 Å². The van der Waals surface area contributed by atoms with Crippen molar-refractivity contribution in [3.63, 3.8) is 0 Å². The molecular weight excluding hydrogens is 256 g/mol. The van der Waals surface area contributed by atoms with E-state index >= 15 is 0 Å². The van der Waals surface area contributed by atoms with Gasteiger partial charge in [0, 0.05) is 4.88 Å². The molecule has 0 aliphatic rings. The normalized spacial score (nSPS) is 11.3. The Morgan fingerprint density at radius 3 is 2.53 bits per heavy atom. The molecular formula is C16H18O2S. The predicted octanol–water partition coefficient (Wildman–Crippen LogP) is 4.06. The Morgan fingerprint density at radius 2 is 1.89 bits per heavy atom. The van der Waals surface area contributed by atoms with Crippen molar-refractivity contribution in [2.45, 2.75) is 26.9 Å². The molecule has 0 saturated heterocycles. The first kappa shape index (κ1) is 13.8. The number of esters is 1. The third-order valence-electron chi connectivity index (χ3n) is 2.96. The predicted molar refractivity (Wildman–Crippen MR) is 78.0 cm³/mol. The van der Waals surface area contributed by atoms with Crippen molar-refractivity contribution in [1.29, 1.82) is 0 Å². The summed E-state index contributed by atoms with van der Waals surface area (Å²) < 4.78 is 5.41. The van der Waals surface area contributed by atoms with E-state index in [0.29, 0.717) is 6.61 Å². The zero-order valence-electron chi connectivity index (χ0n) is 11.3. The van der Waals surface area contributed by atoms with E-state index < -0.39 is 5.41 Å². The molecule has 0 unspecified atom stereocenters. The lowest BCUT2D eigenvalue weighted by Gasteiger charge is -2.21. The number of benzene rings is 1. The highest BCUT2D eigenvalue weighted by molar-refractivity contribution is 7.09. The number of hydrogen-bond donors (Lipinski definition) is 0. The monoisotopic (exact) mass is 274 g/mol. The highest BCUT2D eigenvalue weighted by Gasteiger charge is 2.30. The Balaban J connectivity index is 1.91. The van der Waals surface area contributed by atoms with Gasteiger partial charge in [0.1, 0.15) is 6.61 Å². The molecule has 0 spiro atoms. The van der Waals surface area contributed by atoms with Crippen LogP contribution in [-0.2, 0) is 22.6 Å². The molecule has 0 bridgehead atoms. The van der Waals surface area contributed by atoms with Gasteiger partial charge in [-0.2, -0.15) is 0 Å². The lowest BCUT2D eigenvalue weighted by atomic mass is 9.89. The van der Waals surface area contributed by atoms with Gasteiger partial charge in [0.05, 0.1) is 5.41 Å². The zero-order chi connectivity index (χ0) is 13.7. The molecule has 0 radical (unpaired) electrons. The van der Waals surface area contributed by atoms with Crippen LogP contribution < -0.4 is 0 Å². The second kappa shape index (κ2) is 6.02. The van der Waals surface area contributed by atoms with E-state index in [-0.39, 0.29) is 5.97 Å². The minimum absolute atomic E-state index is 0.148. The summed E-state index contributed by atoms with van der Waals surface area (Å²) in [6, 6.07) is 13.8. The van der Waals surface area contributed by atoms with E-state index in [2.05, 4.69) is 6.07 Å². The fourth-order valence-corrected chi connectivity index (χ4v) is 2.77. The van der Waals surface area contributed by atoms with E-state index in [1.54, 1.807) is 11.3 Å². The summed E-state index contributed by atoms with van der Waals surface area (Å²) in [6.07, 6.45) is 0.721. The molecule has 0 aliphatic heterocycles. The smallest absolute Gasteiger partial charge is 0.312 e. The number of carbonyl (C=O) groups excluding carboxylic acids is 1. The molecule has 0 amide bonds. The van der Waals surface area contributed by atoms with Crippen LogP contribution in [0.5, 0.6) is 0 Å². The maximum absolute atomic E-state index is 12.1. The zero-order valence-corrected chi connectivity index (χ0v) is 12.1. The summed E-state index contributed by atoms with van der Waals surface area (Å²) in [5.74, 6) is -0.148. The maximum Gasteiger partial charge on any atom is 0.312 e. The SMILES string of the molecule is CC(C)(Cc1cccs1)C(=O)OCc1ccccc1. The molecule has 19 heavy (non-hydrogen) atoms. The largest absolute Gasteiger partial charge is 0.460 e. The van der Waals surface area contributed by atoms with Crippen LogP contribution in [-0.4, -0.2) is 5.97 Å². The number of ether oxygens (including phenoxy) is 1. The van der Waals surface area contributed by atoms with Crippen molar-refractivity contribution in [3.8, 4) is 0 Å². The van der Waals surface area contributed by atoms with Gasteiger partial charge in [-0.25, -0.2) is 0 Å². The molecule has 0 N–H and O–H groups in total. The molecule has 0 fully saturated rings. The Kier molecular flexibility index (Phi) is 4.38.